The maximum atomic E-state index is 12.7. The molecule has 1 atom stereocenters. The number of aryl methyl sites for hydroxylation is 2. The van der Waals surface area contributed by atoms with Crippen LogP contribution in [0.15, 0.2) is 24.3 Å². The number of amides is 2. The first-order chi connectivity index (χ1) is 12.8. The van der Waals surface area contributed by atoms with Crippen molar-refractivity contribution in [2.75, 3.05) is 13.1 Å². The Bertz CT molecular complexity index is 894. The van der Waals surface area contributed by atoms with Crippen LogP contribution in [-0.4, -0.2) is 51.5 Å². The van der Waals surface area contributed by atoms with Gasteiger partial charge in [-0.15, -0.1) is 0 Å². The van der Waals surface area contributed by atoms with Gasteiger partial charge in [-0.25, -0.2) is 0 Å². The number of hydrogen-bond donors (Lipinski definition) is 2. The van der Waals surface area contributed by atoms with Gasteiger partial charge in [0.05, 0.1) is 5.92 Å². The van der Waals surface area contributed by atoms with Gasteiger partial charge in [0.15, 0.2) is 0 Å². The Labute approximate surface area is 157 Å². The standard InChI is InChI=1S/C20H25N3O4/c1-12-4-5-16-15(10-12)11-17(22(16)3)18(24)21-13(2)19(25)23-8-6-14(7-9-23)20(26)27/h4-5,10-11,13-14H,6-9H2,1-3H3,(H,21,24)(H,26,27). The number of rotatable bonds is 4. The summed E-state index contributed by atoms with van der Waals surface area (Å²) in [4.78, 5) is 37.9. The molecule has 0 saturated carbocycles. The number of carbonyl (C=O) groups excluding carboxylic acids is 2. The summed E-state index contributed by atoms with van der Waals surface area (Å²) in [5, 5.41) is 12.8. The Balaban J connectivity index is 1.66. The summed E-state index contributed by atoms with van der Waals surface area (Å²) >= 11 is 0. The first kappa shape index (κ1) is 18.9. The Kier molecular flexibility index (Phi) is 5.21. The number of piperidine rings is 1. The molecule has 7 nitrogen and oxygen atoms in total. The van der Waals surface area contributed by atoms with Crippen LogP contribution in [-0.2, 0) is 16.6 Å². The van der Waals surface area contributed by atoms with Gasteiger partial charge in [0.25, 0.3) is 5.91 Å². The van der Waals surface area contributed by atoms with E-state index in [4.69, 9.17) is 5.11 Å². The van der Waals surface area contributed by atoms with Crippen LogP contribution in [0.25, 0.3) is 10.9 Å². The molecule has 1 aliphatic rings. The van der Waals surface area contributed by atoms with E-state index in [-0.39, 0.29) is 11.8 Å². The molecular formula is C20H25N3O4. The molecule has 144 valence electrons. The second-order valence-corrected chi connectivity index (χ2v) is 7.28. The minimum atomic E-state index is -0.811. The lowest BCUT2D eigenvalue weighted by Crippen LogP contribution is -2.50. The van der Waals surface area contributed by atoms with Crippen molar-refractivity contribution in [3.63, 3.8) is 0 Å². The number of fused-ring (bicyclic) bond motifs is 1. The van der Waals surface area contributed by atoms with Crippen molar-refractivity contribution in [2.45, 2.75) is 32.7 Å². The van der Waals surface area contributed by atoms with Gasteiger partial charge in [-0.2, -0.15) is 0 Å². The number of benzene rings is 1. The first-order valence-electron chi connectivity index (χ1n) is 9.16. The minimum Gasteiger partial charge on any atom is -0.481 e. The van der Waals surface area contributed by atoms with Crippen molar-refractivity contribution >= 4 is 28.7 Å². The number of hydrogen-bond acceptors (Lipinski definition) is 3. The van der Waals surface area contributed by atoms with E-state index in [0.717, 1.165) is 16.5 Å². The fourth-order valence-corrected chi connectivity index (χ4v) is 3.64. The summed E-state index contributed by atoms with van der Waals surface area (Å²) in [5.74, 6) is -1.68. The monoisotopic (exact) mass is 371 g/mol. The molecular weight excluding hydrogens is 346 g/mol. The number of carboxylic acid groups (broad SMARTS) is 1. The van der Waals surface area contributed by atoms with Crippen LogP contribution in [0, 0.1) is 12.8 Å². The quantitative estimate of drug-likeness (QED) is 0.859. The van der Waals surface area contributed by atoms with Gasteiger partial charge in [0, 0.05) is 31.0 Å². The summed E-state index contributed by atoms with van der Waals surface area (Å²) in [6, 6.07) is 7.15. The van der Waals surface area contributed by atoms with Gasteiger partial charge < -0.3 is 19.9 Å². The van der Waals surface area contributed by atoms with Crippen LogP contribution < -0.4 is 5.32 Å². The Morgan fingerprint density at radius 1 is 1.19 bits per heavy atom. The molecule has 3 rings (SSSR count). The van der Waals surface area contributed by atoms with E-state index in [2.05, 4.69) is 5.32 Å². The molecule has 27 heavy (non-hydrogen) atoms. The Morgan fingerprint density at radius 2 is 1.85 bits per heavy atom. The van der Waals surface area contributed by atoms with Crippen molar-refractivity contribution < 1.29 is 19.5 Å². The van der Waals surface area contributed by atoms with Gasteiger partial charge in [0.1, 0.15) is 11.7 Å². The molecule has 1 aromatic heterocycles. The van der Waals surface area contributed by atoms with Gasteiger partial charge in [-0.3, -0.25) is 14.4 Å². The largest absolute Gasteiger partial charge is 0.481 e. The van der Waals surface area contributed by atoms with E-state index >= 15 is 0 Å². The van der Waals surface area contributed by atoms with E-state index in [9.17, 15) is 14.4 Å². The van der Waals surface area contributed by atoms with E-state index in [0.29, 0.717) is 31.6 Å². The maximum absolute atomic E-state index is 12.7. The van der Waals surface area contributed by atoms with Crippen molar-refractivity contribution in [2.24, 2.45) is 13.0 Å². The number of aliphatic carboxylic acids is 1. The Hall–Kier alpha value is -2.83. The lowest BCUT2D eigenvalue weighted by molar-refractivity contribution is -0.146. The molecule has 2 amide bonds. The molecule has 1 unspecified atom stereocenters. The summed E-state index contributed by atoms with van der Waals surface area (Å²) in [7, 11) is 1.83. The molecule has 2 N–H and O–H groups in total. The molecule has 1 fully saturated rings. The molecule has 1 aromatic carbocycles. The minimum absolute atomic E-state index is 0.179. The summed E-state index contributed by atoms with van der Waals surface area (Å²) < 4.78 is 1.82. The number of likely N-dealkylation sites (tertiary alicyclic amines) is 1. The topological polar surface area (TPSA) is 91.6 Å². The first-order valence-corrected chi connectivity index (χ1v) is 9.16. The smallest absolute Gasteiger partial charge is 0.306 e. The predicted molar refractivity (Wildman–Crippen MR) is 102 cm³/mol. The summed E-state index contributed by atoms with van der Waals surface area (Å²) in [6.07, 6.45) is 0.897. The average Bonchev–Trinajstić information content (AvgIpc) is 2.97. The number of carbonyl (C=O) groups is 3. The highest BCUT2D eigenvalue weighted by molar-refractivity contribution is 6.00. The summed E-state index contributed by atoms with van der Waals surface area (Å²) in [6.45, 7) is 4.48. The van der Waals surface area contributed by atoms with Crippen LogP contribution in [0.3, 0.4) is 0 Å². The van der Waals surface area contributed by atoms with Gasteiger partial charge >= 0.3 is 5.97 Å². The highest BCUT2D eigenvalue weighted by Gasteiger charge is 2.30. The SMILES string of the molecule is Cc1ccc2c(c1)cc(C(=O)NC(C)C(=O)N1CCC(C(=O)O)CC1)n2C. The molecule has 1 aliphatic heterocycles. The van der Waals surface area contributed by atoms with Crippen molar-refractivity contribution in [1.82, 2.24) is 14.8 Å². The molecule has 2 aromatic rings. The molecule has 2 heterocycles. The number of carboxylic acids is 1. The predicted octanol–water partition coefficient (Wildman–Crippen LogP) is 1.93. The van der Waals surface area contributed by atoms with Crippen LogP contribution in [0.1, 0.15) is 35.8 Å². The molecule has 0 aliphatic carbocycles. The average molecular weight is 371 g/mol. The van der Waals surface area contributed by atoms with Gasteiger partial charge in [0.2, 0.25) is 5.91 Å². The van der Waals surface area contributed by atoms with Gasteiger partial charge in [-0.05, 0) is 44.9 Å². The molecule has 7 heteroatoms. The number of nitrogens with zero attached hydrogens (tertiary/aromatic N) is 2. The van der Waals surface area contributed by atoms with Crippen LogP contribution in [0.2, 0.25) is 0 Å². The zero-order chi connectivity index (χ0) is 19.7. The maximum Gasteiger partial charge on any atom is 0.306 e. The third-order valence-electron chi connectivity index (χ3n) is 5.30. The molecule has 1 saturated heterocycles. The molecule has 0 spiro atoms. The van der Waals surface area contributed by atoms with Crippen molar-refractivity contribution in [3.05, 3.63) is 35.5 Å². The lowest BCUT2D eigenvalue weighted by Gasteiger charge is -2.32. The zero-order valence-electron chi connectivity index (χ0n) is 15.9. The third kappa shape index (κ3) is 3.82. The highest BCUT2D eigenvalue weighted by atomic mass is 16.4. The van der Waals surface area contributed by atoms with Crippen LogP contribution in [0.5, 0.6) is 0 Å². The third-order valence-corrected chi connectivity index (χ3v) is 5.30. The fraction of sp³-hybridized carbons (Fsp3) is 0.450. The second kappa shape index (κ2) is 7.42. The van der Waals surface area contributed by atoms with Crippen LogP contribution in [0.4, 0.5) is 0 Å². The molecule has 0 radical (unpaired) electrons. The second-order valence-electron chi connectivity index (χ2n) is 7.28. The number of aromatic nitrogens is 1. The zero-order valence-corrected chi connectivity index (χ0v) is 15.9. The van der Waals surface area contributed by atoms with E-state index in [1.165, 1.54) is 0 Å². The number of nitrogens with one attached hydrogen (secondary N) is 1. The Morgan fingerprint density at radius 3 is 2.48 bits per heavy atom. The van der Waals surface area contributed by atoms with Crippen molar-refractivity contribution in [3.8, 4) is 0 Å². The lowest BCUT2D eigenvalue weighted by atomic mass is 9.97. The van der Waals surface area contributed by atoms with Gasteiger partial charge in [-0.1, -0.05) is 11.6 Å². The molecule has 0 bridgehead atoms. The van der Waals surface area contributed by atoms with Crippen LogP contribution >= 0.6 is 0 Å². The highest BCUT2D eigenvalue weighted by Crippen LogP contribution is 2.21. The van der Waals surface area contributed by atoms with E-state index in [1.54, 1.807) is 11.8 Å². The fourth-order valence-electron chi connectivity index (χ4n) is 3.64. The normalized spacial score (nSPS) is 16.3. The van der Waals surface area contributed by atoms with Crippen molar-refractivity contribution in [1.29, 1.82) is 0 Å². The summed E-state index contributed by atoms with van der Waals surface area (Å²) in [5.41, 5.74) is 2.58. The van der Waals surface area contributed by atoms with E-state index < -0.39 is 17.9 Å². The van der Waals surface area contributed by atoms with E-state index in [1.807, 2.05) is 42.8 Å².